The number of hydrogen-bond acceptors (Lipinski definition) is 5. The second kappa shape index (κ2) is 9.69. The van der Waals surface area contributed by atoms with Crippen LogP contribution in [0, 0.1) is 6.92 Å². The minimum absolute atomic E-state index is 0.153. The van der Waals surface area contributed by atoms with Crippen molar-refractivity contribution in [3.8, 4) is 11.5 Å². The summed E-state index contributed by atoms with van der Waals surface area (Å²) in [5.41, 5.74) is 2.56. The van der Waals surface area contributed by atoms with E-state index >= 15 is 0 Å². The number of phenolic OH excluding ortho intramolecular Hbond substituents is 1. The van der Waals surface area contributed by atoms with Crippen molar-refractivity contribution in [2.75, 3.05) is 13.2 Å². The second-order valence-electron chi connectivity index (χ2n) is 5.57. The Balaban J connectivity index is 1.93. The number of hydrogen-bond donors (Lipinski definition) is 1. The van der Waals surface area contributed by atoms with Gasteiger partial charge in [0, 0.05) is 11.1 Å². The van der Waals surface area contributed by atoms with Crippen molar-refractivity contribution in [2.45, 2.75) is 33.5 Å². The van der Waals surface area contributed by atoms with Gasteiger partial charge in [0.1, 0.15) is 18.1 Å². The molecule has 0 fully saturated rings. The third-order valence-electron chi connectivity index (χ3n) is 3.76. The number of carbonyl (C=O) groups excluding carboxylic acids is 1. The summed E-state index contributed by atoms with van der Waals surface area (Å²) in [5, 5.41) is 10.1. The molecule has 25 heavy (non-hydrogen) atoms. The van der Waals surface area contributed by atoms with Gasteiger partial charge in [-0.05, 0) is 31.5 Å². The second-order valence-corrected chi connectivity index (χ2v) is 5.57. The van der Waals surface area contributed by atoms with Crippen LogP contribution in [-0.4, -0.2) is 24.3 Å². The van der Waals surface area contributed by atoms with Gasteiger partial charge < -0.3 is 19.3 Å². The Bertz CT molecular complexity index is 682. The third-order valence-corrected chi connectivity index (χ3v) is 3.76. The molecule has 5 nitrogen and oxygen atoms in total. The van der Waals surface area contributed by atoms with E-state index < -0.39 is 0 Å². The monoisotopic (exact) mass is 344 g/mol. The third kappa shape index (κ3) is 5.80. The van der Waals surface area contributed by atoms with Gasteiger partial charge in [-0.2, -0.15) is 0 Å². The van der Waals surface area contributed by atoms with Gasteiger partial charge in [-0.3, -0.25) is 4.79 Å². The van der Waals surface area contributed by atoms with Crippen molar-refractivity contribution in [1.29, 1.82) is 0 Å². The summed E-state index contributed by atoms with van der Waals surface area (Å²) in [6.07, 6.45) is 0.192. The average molecular weight is 344 g/mol. The molecule has 0 aliphatic heterocycles. The van der Waals surface area contributed by atoms with E-state index in [-0.39, 0.29) is 31.4 Å². The maximum absolute atomic E-state index is 11.3. The van der Waals surface area contributed by atoms with Gasteiger partial charge in [0.25, 0.3) is 0 Å². The van der Waals surface area contributed by atoms with Crippen molar-refractivity contribution in [2.24, 2.45) is 0 Å². The molecule has 0 spiro atoms. The maximum atomic E-state index is 11.3. The lowest BCUT2D eigenvalue weighted by atomic mass is 10.1. The molecule has 0 radical (unpaired) electrons. The van der Waals surface area contributed by atoms with E-state index in [1.165, 1.54) is 0 Å². The average Bonchev–Trinajstić information content (AvgIpc) is 2.61. The highest BCUT2D eigenvalue weighted by Crippen LogP contribution is 2.30. The minimum Gasteiger partial charge on any atom is -0.508 e. The summed E-state index contributed by atoms with van der Waals surface area (Å²) >= 11 is 0. The van der Waals surface area contributed by atoms with Crippen LogP contribution in [0.4, 0.5) is 0 Å². The first-order valence-electron chi connectivity index (χ1n) is 8.33. The van der Waals surface area contributed by atoms with E-state index in [1.807, 2.05) is 37.3 Å². The highest BCUT2D eigenvalue weighted by molar-refractivity contribution is 5.69. The smallest absolute Gasteiger partial charge is 0.308 e. The number of rotatable bonds is 9. The van der Waals surface area contributed by atoms with Crippen molar-refractivity contribution in [3.63, 3.8) is 0 Å². The van der Waals surface area contributed by atoms with Crippen LogP contribution in [0.1, 0.15) is 30.0 Å². The van der Waals surface area contributed by atoms with E-state index in [2.05, 4.69) is 0 Å². The molecule has 2 aromatic rings. The van der Waals surface area contributed by atoms with E-state index in [9.17, 15) is 9.90 Å². The molecule has 0 atom stereocenters. The number of carbonyl (C=O) groups is 1. The number of benzene rings is 2. The first-order chi connectivity index (χ1) is 12.1. The molecule has 0 saturated heterocycles. The Hall–Kier alpha value is -2.53. The molecular formula is C20H24O5. The van der Waals surface area contributed by atoms with Crippen LogP contribution in [0.2, 0.25) is 0 Å². The Labute approximate surface area is 148 Å². The van der Waals surface area contributed by atoms with Crippen molar-refractivity contribution in [3.05, 3.63) is 59.2 Å². The van der Waals surface area contributed by atoms with Crippen LogP contribution < -0.4 is 4.74 Å². The minimum atomic E-state index is -0.289. The van der Waals surface area contributed by atoms with Crippen molar-refractivity contribution < 1.29 is 24.1 Å². The summed E-state index contributed by atoms with van der Waals surface area (Å²) in [6, 6.07) is 13.2. The normalized spacial score (nSPS) is 10.5. The first-order valence-corrected chi connectivity index (χ1v) is 8.33. The predicted octanol–water partition coefficient (Wildman–Crippen LogP) is 3.75. The Morgan fingerprint density at radius 2 is 1.84 bits per heavy atom. The number of phenols is 1. The fourth-order valence-corrected chi connectivity index (χ4v) is 2.36. The van der Waals surface area contributed by atoms with Crippen LogP contribution >= 0.6 is 0 Å². The zero-order chi connectivity index (χ0) is 18.1. The maximum Gasteiger partial charge on any atom is 0.308 e. The summed E-state index contributed by atoms with van der Waals surface area (Å²) < 4.78 is 16.2. The fraction of sp³-hybridized carbons (Fsp3) is 0.350. The van der Waals surface area contributed by atoms with Crippen LogP contribution in [0.3, 0.4) is 0 Å². The first kappa shape index (κ1) is 18.8. The van der Waals surface area contributed by atoms with Gasteiger partial charge >= 0.3 is 5.97 Å². The molecular weight excluding hydrogens is 320 g/mol. The standard InChI is InChI=1S/C20H24O5/c1-3-24-20(22)11-12-23-14-17-15(2)19(10-9-18(17)21)25-13-16-7-5-4-6-8-16/h4-10,21H,3,11-14H2,1-2H3. The van der Waals surface area contributed by atoms with Gasteiger partial charge in [-0.1, -0.05) is 30.3 Å². The van der Waals surface area contributed by atoms with Crippen molar-refractivity contribution in [1.82, 2.24) is 0 Å². The molecule has 2 rings (SSSR count). The Morgan fingerprint density at radius 3 is 2.56 bits per heavy atom. The van der Waals surface area contributed by atoms with E-state index in [1.54, 1.807) is 19.1 Å². The van der Waals surface area contributed by atoms with Gasteiger partial charge in [-0.15, -0.1) is 0 Å². The zero-order valence-electron chi connectivity index (χ0n) is 14.7. The lowest BCUT2D eigenvalue weighted by molar-refractivity contribution is -0.144. The molecule has 0 aliphatic rings. The summed E-state index contributed by atoms with van der Waals surface area (Å²) in [5.74, 6) is 0.565. The van der Waals surface area contributed by atoms with Crippen LogP contribution in [-0.2, 0) is 27.5 Å². The predicted molar refractivity (Wildman–Crippen MR) is 94.5 cm³/mol. The fourth-order valence-electron chi connectivity index (χ4n) is 2.36. The molecule has 0 aliphatic carbocycles. The lowest BCUT2D eigenvalue weighted by Gasteiger charge is -2.14. The van der Waals surface area contributed by atoms with Crippen LogP contribution in [0.15, 0.2) is 42.5 Å². The van der Waals surface area contributed by atoms with Crippen molar-refractivity contribution >= 4 is 5.97 Å². The van der Waals surface area contributed by atoms with E-state index in [0.29, 0.717) is 24.5 Å². The number of ether oxygens (including phenoxy) is 3. The lowest BCUT2D eigenvalue weighted by Crippen LogP contribution is -2.08. The van der Waals surface area contributed by atoms with Gasteiger partial charge in [0.05, 0.1) is 26.2 Å². The SMILES string of the molecule is CCOC(=O)CCOCc1c(O)ccc(OCc2ccccc2)c1C. The topological polar surface area (TPSA) is 65.0 Å². The largest absolute Gasteiger partial charge is 0.508 e. The molecule has 0 unspecified atom stereocenters. The van der Waals surface area contributed by atoms with E-state index in [4.69, 9.17) is 14.2 Å². The highest BCUT2D eigenvalue weighted by atomic mass is 16.5. The van der Waals surface area contributed by atoms with Crippen LogP contribution in [0.5, 0.6) is 11.5 Å². The molecule has 0 heterocycles. The van der Waals surface area contributed by atoms with Gasteiger partial charge in [0.15, 0.2) is 0 Å². The Kier molecular flexibility index (Phi) is 7.29. The summed E-state index contributed by atoms with van der Waals surface area (Å²) in [6.45, 7) is 4.91. The molecule has 2 aromatic carbocycles. The zero-order valence-corrected chi connectivity index (χ0v) is 14.7. The quantitative estimate of drug-likeness (QED) is 0.554. The molecule has 134 valence electrons. The number of esters is 1. The summed E-state index contributed by atoms with van der Waals surface area (Å²) in [7, 11) is 0. The molecule has 0 amide bonds. The molecule has 0 saturated carbocycles. The van der Waals surface area contributed by atoms with Crippen LogP contribution in [0.25, 0.3) is 0 Å². The van der Waals surface area contributed by atoms with E-state index in [0.717, 1.165) is 11.1 Å². The van der Waals surface area contributed by atoms with Gasteiger partial charge in [0.2, 0.25) is 0 Å². The number of aromatic hydroxyl groups is 1. The molecule has 5 heteroatoms. The molecule has 1 N–H and O–H groups in total. The Morgan fingerprint density at radius 1 is 1.08 bits per heavy atom. The molecule has 0 bridgehead atoms. The summed E-state index contributed by atoms with van der Waals surface area (Å²) in [4.78, 5) is 11.3. The highest BCUT2D eigenvalue weighted by Gasteiger charge is 2.11. The molecule has 0 aromatic heterocycles. The van der Waals surface area contributed by atoms with Gasteiger partial charge in [-0.25, -0.2) is 0 Å².